The summed E-state index contributed by atoms with van der Waals surface area (Å²) in [6, 6.07) is 0. The van der Waals surface area contributed by atoms with Crippen LogP contribution in [0.4, 0.5) is 5.95 Å². The minimum absolute atomic E-state index is 0.0654. The van der Waals surface area contributed by atoms with Crippen LogP contribution < -0.4 is 10.1 Å². The number of carboxylic acid groups (broad SMARTS) is 1. The number of amides is 1. The van der Waals surface area contributed by atoms with Gasteiger partial charge >= 0.3 is 5.97 Å². The number of Topliss-reactive ketones (excluding diaryl/α,β-unsaturated/α-hetero) is 1. The predicted octanol–water partition coefficient (Wildman–Crippen LogP) is 1.40. The van der Waals surface area contributed by atoms with Crippen molar-refractivity contribution in [3.63, 3.8) is 0 Å². The maximum Gasteiger partial charge on any atom is 0.377 e. The van der Waals surface area contributed by atoms with Crippen molar-refractivity contribution in [2.75, 3.05) is 12.4 Å². The highest BCUT2D eigenvalue weighted by Gasteiger charge is 2.25. The van der Waals surface area contributed by atoms with Crippen molar-refractivity contribution in [3.8, 4) is 11.6 Å². The van der Waals surface area contributed by atoms with Gasteiger partial charge in [-0.1, -0.05) is 20.8 Å². The summed E-state index contributed by atoms with van der Waals surface area (Å²) in [5, 5.41) is 16.1. The summed E-state index contributed by atoms with van der Waals surface area (Å²) >= 11 is 0. The number of rotatable bonds is 5. The quantitative estimate of drug-likeness (QED) is 0.439. The van der Waals surface area contributed by atoms with E-state index >= 15 is 0 Å². The summed E-state index contributed by atoms with van der Waals surface area (Å²) in [5.74, 6) is -2.37. The maximum absolute atomic E-state index is 12.1. The van der Waals surface area contributed by atoms with E-state index in [2.05, 4.69) is 25.4 Å². The first-order valence-corrected chi connectivity index (χ1v) is 8.18. The number of ether oxygens (including phenoxy) is 1. The van der Waals surface area contributed by atoms with Crippen LogP contribution in [0.3, 0.4) is 0 Å². The van der Waals surface area contributed by atoms with Gasteiger partial charge in [0.15, 0.2) is 5.82 Å². The van der Waals surface area contributed by atoms with E-state index in [0.29, 0.717) is 5.52 Å². The lowest BCUT2D eigenvalue weighted by molar-refractivity contribution is -0.131. The first-order valence-electron chi connectivity index (χ1n) is 8.18. The molecule has 11 nitrogen and oxygen atoms in total. The zero-order chi connectivity index (χ0) is 20.6. The van der Waals surface area contributed by atoms with E-state index in [1.54, 1.807) is 20.8 Å². The summed E-state index contributed by atoms with van der Waals surface area (Å²) < 4.78 is 6.51. The Kier molecular flexibility index (Phi) is 4.59. The maximum atomic E-state index is 12.1. The highest BCUT2D eigenvalue weighted by atomic mass is 16.5. The van der Waals surface area contributed by atoms with Gasteiger partial charge in [0, 0.05) is 11.6 Å². The van der Waals surface area contributed by atoms with Crippen LogP contribution in [0.2, 0.25) is 0 Å². The van der Waals surface area contributed by atoms with Gasteiger partial charge in [-0.25, -0.2) is 9.78 Å². The number of anilines is 1. The summed E-state index contributed by atoms with van der Waals surface area (Å²) in [5.41, 5.74) is -0.352. The number of hydrogen-bond donors (Lipinski definition) is 3. The van der Waals surface area contributed by atoms with Crippen LogP contribution in [-0.2, 0) is 9.59 Å². The molecular formula is C17H18N6O5. The zero-order valence-electron chi connectivity index (χ0n) is 15.6. The van der Waals surface area contributed by atoms with Gasteiger partial charge in [-0.15, -0.1) is 5.10 Å². The Labute approximate surface area is 158 Å². The Balaban J connectivity index is 2.07. The van der Waals surface area contributed by atoms with Crippen LogP contribution in [0.25, 0.3) is 16.7 Å². The third kappa shape index (κ3) is 3.29. The van der Waals surface area contributed by atoms with Gasteiger partial charge in [0.05, 0.1) is 29.8 Å². The number of methoxy groups -OCH3 is 1. The summed E-state index contributed by atoms with van der Waals surface area (Å²) in [6.45, 7) is 5.27. The number of H-pyrrole nitrogens is 1. The van der Waals surface area contributed by atoms with E-state index < -0.39 is 17.2 Å². The predicted molar refractivity (Wildman–Crippen MR) is 97.6 cm³/mol. The van der Waals surface area contributed by atoms with E-state index in [9.17, 15) is 14.4 Å². The number of hydrogen-bond acceptors (Lipinski definition) is 7. The number of carboxylic acids is 1. The average molecular weight is 386 g/mol. The highest BCUT2D eigenvalue weighted by Crippen LogP contribution is 2.31. The molecule has 0 atom stereocenters. The number of ketones is 1. The van der Waals surface area contributed by atoms with Crippen molar-refractivity contribution in [1.82, 2.24) is 24.7 Å². The Hall–Kier alpha value is -3.76. The third-order valence-corrected chi connectivity index (χ3v) is 3.93. The SMILES string of the molecule is COc1cnc(-n2cnc(NC(=O)C(C)(C)C)n2)c2[nH]cc(C(=O)C(=O)O)c12. The van der Waals surface area contributed by atoms with E-state index in [-0.39, 0.29) is 34.4 Å². The number of aromatic amines is 1. The molecule has 28 heavy (non-hydrogen) atoms. The van der Waals surface area contributed by atoms with Crippen LogP contribution in [0.5, 0.6) is 5.75 Å². The minimum atomic E-state index is -1.59. The Morgan fingerprint density at radius 2 is 1.96 bits per heavy atom. The number of fused-ring (bicyclic) bond motifs is 1. The van der Waals surface area contributed by atoms with E-state index in [0.717, 1.165) is 0 Å². The van der Waals surface area contributed by atoms with E-state index in [4.69, 9.17) is 9.84 Å². The topological polar surface area (TPSA) is 152 Å². The minimum Gasteiger partial charge on any atom is -0.494 e. The fourth-order valence-corrected chi connectivity index (χ4v) is 2.44. The monoisotopic (exact) mass is 386 g/mol. The number of pyridine rings is 1. The molecule has 0 aliphatic heterocycles. The number of nitrogens with zero attached hydrogens (tertiary/aromatic N) is 4. The summed E-state index contributed by atoms with van der Waals surface area (Å²) in [7, 11) is 1.38. The Morgan fingerprint density at radius 1 is 1.25 bits per heavy atom. The number of aromatic nitrogens is 5. The molecule has 0 unspecified atom stereocenters. The summed E-state index contributed by atoms with van der Waals surface area (Å²) in [6.07, 6.45) is 3.96. The number of aliphatic carboxylic acids is 1. The molecule has 0 saturated heterocycles. The lowest BCUT2D eigenvalue weighted by Crippen LogP contribution is -2.28. The molecule has 3 N–H and O–H groups in total. The largest absolute Gasteiger partial charge is 0.494 e. The van der Waals surface area contributed by atoms with Crippen LogP contribution >= 0.6 is 0 Å². The number of nitrogens with one attached hydrogen (secondary N) is 2. The van der Waals surface area contributed by atoms with E-state index in [1.165, 1.54) is 30.5 Å². The highest BCUT2D eigenvalue weighted by molar-refractivity contribution is 6.42. The van der Waals surface area contributed by atoms with Gasteiger partial charge in [-0.2, -0.15) is 9.67 Å². The fourth-order valence-electron chi connectivity index (χ4n) is 2.44. The van der Waals surface area contributed by atoms with Gasteiger partial charge < -0.3 is 14.8 Å². The molecule has 3 aromatic rings. The zero-order valence-corrected chi connectivity index (χ0v) is 15.6. The molecule has 0 radical (unpaired) electrons. The second-order valence-corrected chi connectivity index (χ2v) is 6.95. The van der Waals surface area contributed by atoms with E-state index in [1.807, 2.05) is 0 Å². The van der Waals surface area contributed by atoms with Crippen molar-refractivity contribution >= 4 is 34.5 Å². The molecule has 1 amide bonds. The number of carbonyl (C=O) groups is 3. The lowest BCUT2D eigenvalue weighted by Gasteiger charge is -2.15. The molecule has 3 rings (SSSR count). The van der Waals surface area contributed by atoms with Gasteiger partial charge in [-0.05, 0) is 0 Å². The van der Waals surface area contributed by atoms with Crippen molar-refractivity contribution in [1.29, 1.82) is 0 Å². The molecule has 146 valence electrons. The van der Waals surface area contributed by atoms with Gasteiger partial charge in [-0.3, -0.25) is 14.9 Å². The summed E-state index contributed by atoms with van der Waals surface area (Å²) in [4.78, 5) is 46.3. The molecule has 0 aliphatic carbocycles. The normalized spacial score (nSPS) is 11.4. The van der Waals surface area contributed by atoms with Crippen molar-refractivity contribution in [2.45, 2.75) is 20.8 Å². The van der Waals surface area contributed by atoms with Crippen LogP contribution in [-0.4, -0.2) is 54.6 Å². The Bertz CT molecular complexity index is 1090. The number of carbonyl (C=O) groups excluding carboxylic acids is 2. The van der Waals surface area contributed by atoms with Crippen molar-refractivity contribution < 1.29 is 24.2 Å². The van der Waals surface area contributed by atoms with Crippen LogP contribution in [0.15, 0.2) is 18.7 Å². The molecule has 0 saturated carbocycles. The van der Waals surface area contributed by atoms with Crippen molar-refractivity contribution in [3.05, 3.63) is 24.3 Å². The molecule has 3 aromatic heterocycles. The van der Waals surface area contributed by atoms with Crippen LogP contribution in [0.1, 0.15) is 31.1 Å². The van der Waals surface area contributed by atoms with Gasteiger partial charge in [0.2, 0.25) is 11.9 Å². The third-order valence-electron chi connectivity index (χ3n) is 3.93. The molecular weight excluding hydrogens is 368 g/mol. The Morgan fingerprint density at radius 3 is 2.57 bits per heavy atom. The molecule has 3 heterocycles. The molecule has 0 aromatic carbocycles. The smallest absolute Gasteiger partial charge is 0.377 e. The fraction of sp³-hybridized carbons (Fsp3) is 0.294. The first kappa shape index (κ1) is 19.0. The molecule has 0 bridgehead atoms. The van der Waals surface area contributed by atoms with Gasteiger partial charge in [0.1, 0.15) is 12.1 Å². The first-order chi connectivity index (χ1) is 13.1. The van der Waals surface area contributed by atoms with Crippen molar-refractivity contribution in [2.24, 2.45) is 5.41 Å². The van der Waals surface area contributed by atoms with Gasteiger partial charge in [0.25, 0.3) is 5.78 Å². The standard InChI is InChI=1S/C17H18N6O5/c1-17(2,3)15(27)21-16-20-7-23(22-16)13-11-10(9(28-4)6-19-13)8(5-18-11)12(24)14(25)26/h5-7,18H,1-4H3,(H,25,26)(H,21,22,27). The second-order valence-electron chi connectivity index (χ2n) is 6.95. The molecule has 11 heteroatoms. The lowest BCUT2D eigenvalue weighted by atomic mass is 9.96. The molecule has 0 spiro atoms. The molecule has 0 aliphatic rings. The molecule has 0 fully saturated rings. The second kappa shape index (κ2) is 6.76. The average Bonchev–Trinajstić information content (AvgIpc) is 3.26. The van der Waals surface area contributed by atoms with Crippen LogP contribution in [0, 0.1) is 5.41 Å².